The smallest absolute Gasteiger partial charge is 0.272 e. The Morgan fingerprint density at radius 2 is 2.18 bits per heavy atom. The van der Waals surface area contributed by atoms with Gasteiger partial charge in [0.1, 0.15) is 5.82 Å². The molecule has 0 saturated carbocycles. The zero-order chi connectivity index (χ0) is 12.4. The van der Waals surface area contributed by atoms with Crippen molar-refractivity contribution in [1.82, 2.24) is 14.8 Å². The van der Waals surface area contributed by atoms with E-state index >= 15 is 0 Å². The highest BCUT2D eigenvalue weighted by atomic mass is 32.1. The predicted molar refractivity (Wildman–Crippen MR) is 65.1 cm³/mol. The summed E-state index contributed by atoms with van der Waals surface area (Å²) in [5.41, 5.74) is 1.63. The molecule has 17 heavy (non-hydrogen) atoms. The van der Waals surface area contributed by atoms with Crippen LogP contribution in [-0.2, 0) is 13.0 Å². The van der Waals surface area contributed by atoms with Gasteiger partial charge in [-0.25, -0.2) is 14.3 Å². The van der Waals surface area contributed by atoms with Gasteiger partial charge in [0.2, 0.25) is 0 Å². The lowest BCUT2D eigenvalue weighted by atomic mass is 10.1. The molecule has 4 nitrogen and oxygen atoms in total. The molecule has 0 radical (unpaired) electrons. The van der Waals surface area contributed by atoms with Gasteiger partial charge in [-0.15, -0.1) is 0 Å². The van der Waals surface area contributed by atoms with Crippen LogP contribution in [0.25, 0.3) is 0 Å². The van der Waals surface area contributed by atoms with Crippen LogP contribution in [0.2, 0.25) is 0 Å². The first kappa shape index (κ1) is 11.8. The molecule has 2 aromatic rings. The second-order valence-corrected chi connectivity index (χ2v) is 4.22. The topological polar surface area (TPSA) is 53.6 Å². The molecule has 1 aromatic heterocycles. The first-order chi connectivity index (χ1) is 8.08. The van der Waals surface area contributed by atoms with E-state index in [0.29, 0.717) is 17.7 Å². The number of H-pyrrole nitrogens is 2. The lowest BCUT2D eigenvalue weighted by Crippen LogP contribution is -2.18. The van der Waals surface area contributed by atoms with Crippen LogP contribution in [0.4, 0.5) is 4.39 Å². The van der Waals surface area contributed by atoms with Crippen LogP contribution in [0, 0.1) is 17.5 Å². The van der Waals surface area contributed by atoms with E-state index in [0.717, 1.165) is 11.1 Å². The van der Waals surface area contributed by atoms with Gasteiger partial charge in [-0.1, -0.05) is 6.07 Å². The molecule has 2 rings (SSSR count). The SMILES string of the molecule is Cc1cc(F)ccc1CCn1c(=O)[nH][nH]c1=S. The molecule has 0 saturated heterocycles. The Hall–Kier alpha value is -1.69. The summed E-state index contributed by atoms with van der Waals surface area (Å²) in [4.78, 5) is 11.3. The zero-order valence-electron chi connectivity index (χ0n) is 9.29. The molecule has 1 aromatic carbocycles. The zero-order valence-corrected chi connectivity index (χ0v) is 10.1. The highest BCUT2D eigenvalue weighted by Crippen LogP contribution is 2.11. The summed E-state index contributed by atoms with van der Waals surface area (Å²) >= 11 is 4.96. The van der Waals surface area contributed by atoms with Crippen molar-refractivity contribution in [3.8, 4) is 0 Å². The molecule has 0 amide bonds. The second kappa shape index (κ2) is 4.67. The molecule has 0 aliphatic rings. The maximum Gasteiger partial charge on any atom is 0.342 e. The van der Waals surface area contributed by atoms with Gasteiger partial charge in [0, 0.05) is 6.54 Å². The van der Waals surface area contributed by atoms with Crippen molar-refractivity contribution in [3.63, 3.8) is 0 Å². The lowest BCUT2D eigenvalue weighted by Gasteiger charge is -2.05. The van der Waals surface area contributed by atoms with Crippen molar-refractivity contribution in [1.29, 1.82) is 0 Å². The third-order valence-electron chi connectivity index (χ3n) is 2.68. The molecule has 0 bridgehead atoms. The van der Waals surface area contributed by atoms with Gasteiger partial charge in [-0.05, 0) is 48.8 Å². The van der Waals surface area contributed by atoms with E-state index in [4.69, 9.17) is 12.2 Å². The number of aryl methyl sites for hydroxylation is 2. The molecule has 0 aliphatic heterocycles. The third-order valence-corrected chi connectivity index (χ3v) is 3.00. The first-order valence-electron chi connectivity index (χ1n) is 5.20. The largest absolute Gasteiger partial charge is 0.342 e. The fourth-order valence-electron chi connectivity index (χ4n) is 1.71. The minimum atomic E-state index is -0.255. The second-order valence-electron chi connectivity index (χ2n) is 3.83. The van der Waals surface area contributed by atoms with Crippen molar-refractivity contribution in [2.75, 3.05) is 0 Å². The number of hydrogen-bond acceptors (Lipinski definition) is 2. The third kappa shape index (κ3) is 2.52. The molecular weight excluding hydrogens is 241 g/mol. The maximum absolute atomic E-state index is 12.9. The summed E-state index contributed by atoms with van der Waals surface area (Å²) in [7, 11) is 0. The summed E-state index contributed by atoms with van der Waals surface area (Å²) in [5.74, 6) is -0.248. The van der Waals surface area contributed by atoms with Crippen LogP contribution in [0.1, 0.15) is 11.1 Å². The fraction of sp³-hybridized carbons (Fsp3) is 0.273. The number of halogens is 1. The summed E-state index contributed by atoms with van der Waals surface area (Å²) in [6.45, 7) is 2.32. The van der Waals surface area contributed by atoms with Gasteiger partial charge >= 0.3 is 5.69 Å². The van der Waals surface area contributed by atoms with Crippen LogP contribution >= 0.6 is 12.2 Å². The Kier molecular flexibility index (Phi) is 3.23. The lowest BCUT2D eigenvalue weighted by molar-refractivity contribution is 0.622. The van der Waals surface area contributed by atoms with E-state index < -0.39 is 0 Å². The molecule has 0 unspecified atom stereocenters. The summed E-state index contributed by atoms with van der Waals surface area (Å²) in [5, 5.41) is 4.99. The minimum Gasteiger partial charge on any atom is -0.272 e. The Bertz CT molecular complexity index is 613. The van der Waals surface area contributed by atoms with Gasteiger partial charge < -0.3 is 0 Å². The fourth-order valence-corrected chi connectivity index (χ4v) is 1.93. The van der Waals surface area contributed by atoms with Gasteiger partial charge in [0.05, 0.1) is 0 Å². The molecular formula is C11H12FN3OS. The van der Waals surface area contributed by atoms with Crippen LogP contribution in [0.3, 0.4) is 0 Å². The maximum atomic E-state index is 12.9. The van der Waals surface area contributed by atoms with Gasteiger partial charge in [0.15, 0.2) is 4.77 Å². The van der Waals surface area contributed by atoms with E-state index in [1.165, 1.54) is 16.7 Å². The quantitative estimate of drug-likeness (QED) is 0.821. The van der Waals surface area contributed by atoms with Crippen LogP contribution in [-0.4, -0.2) is 14.8 Å². The molecule has 0 spiro atoms. The molecule has 6 heteroatoms. The molecule has 0 atom stereocenters. The normalized spacial score (nSPS) is 10.7. The van der Waals surface area contributed by atoms with Crippen molar-refractivity contribution in [2.45, 2.75) is 19.9 Å². The molecule has 90 valence electrons. The average Bonchev–Trinajstić information content (AvgIpc) is 2.58. The van der Waals surface area contributed by atoms with Crippen molar-refractivity contribution in [2.24, 2.45) is 0 Å². The number of benzene rings is 1. The number of nitrogens with zero attached hydrogens (tertiary/aromatic N) is 1. The predicted octanol–water partition coefficient (Wildman–Crippen LogP) is 1.92. The number of nitrogens with one attached hydrogen (secondary N) is 2. The van der Waals surface area contributed by atoms with Gasteiger partial charge in [-0.3, -0.25) is 9.67 Å². The Morgan fingerprint density at radius 3 is 2.76 bits per heavy atom. The van der Waals surface area contributed by atoms with Gasteiger partial charge in [-0.2, -0.15) is 0 Å². The molecule has 0 fully saturated rings. The Morgan fingerprint density at radius 1 is 1.41 bits per heavy atom. The standard InChI is InChI=1S/C11H12FN3OS/c1-7-6-9(12)3-2-8(7)4-5-15-10(16)13-14-11(15)17/h2-3,6H,4-5H2,1H3,(H,13,16)(H,14,17). The summed E-state index contributed by atoms with van der Waals surface area (Å²) in [6, 6.07) is 4.63. The van der Waals surface area contributed by atoms with E-state index in [1.54, 1.807) is 6.07 Å². The van der Waals surface area contributed by atoms with Crippen molar-refractivity contribution in [3.05, 3.63) is 50.4 Å². The highest BCUT2D eigenvalue weighted by Gasteiger charge is 2.03. The summed E-state index contributed by atoms with van der Waals surface area (Å²) < 4.78 is 14.7. The van der Waals surface area contributed by atoms with E-state index in [-0.39, 0.29) is 11.5 Å². The molecule has 0 aliphatic carbocycles. The van der Waals surface area contributed by atoms with Crippen molar-refractivity contribution >= 4 is 12.2 Å². The Labute approximate surface area is 102 Å². The molecule has 2 N–H and O–H groups in total. The number of hydrogen-bond donors (Lipinski definition) is 2. The Balaban J connectivity index is 2.18. The van der Waals surface area contributed by atoms with E-state index in [2.05, 4.69) is 10.2 Å². The van der Waals surface area contributed by atoms with E-state index in [9.17, 15) is 9.18 Å². The van der Waals surface area contributed by atoms with Gasteiger partial charge in [0.25, 0.3) is 0 Å². The van der Waals surface area contributed by atoms with Crippen LogP contribution < -0.4 is 5.69 Å². The average molecular weight is 253 g/mol. The van der Waals surface area contributed by atoms with E-state index in [1.807, 2.05) is 6.92 Å². The number of aromatic amines is 2. The monoisotopic (exact) mass is 253 g/mol. The van der Waals surface area contributed by atoms with Crippen LogP contribution in [0.15, 0.2) is 23.0 Å². The molecule has 1 heterocycles. The minimum absolute atomic E-state index is 0.248. The highest BCUT2D eigenvalue weighted by molar-refractivity contribution is 7.71. The number of rotatable bonds is 3. The first-order valence-corrected chi connectivity index (χ1v) is 5.61. The van der Waals surface area contributed by atoms with Crippen LogP contribution in [0.5, 0.6) is 0 Å². The number of aromatic nitrogens is 3. The van der Waals surface area contributed by atoms with Crippen molar-refractivity contribution < 1.29 is 4.39 Å². The summed E-state index contributed by atoms with van der Waals surface area (Å²) in [6.07, 6.45) is 0.640.